The molecule has 4 saturated carbocycles. The third-order valence-electron chi connectivity index (χ3n) is 15.0. The molecular weight excluding hydrogens is 620 g/mol. The molecule has 0 aliphatic heterocycles. The minimum absolute atomic E-state index is 0.00103. The highest BCUT2D eigenvalue weighted by Gasteiger charge is 2.71. The smallest absolute Gasteiger partial charge is 0.309 e. The summed E-state index contributed by atoms with van der Waals surface area (Å²) in [6, 6.07) is 0. The van der Waals surface area contributed by atoms with Gasteiger partial charge in [-0.2, -0.15) is 0 Å². The van der Waals surface area contributed by atoms with Crippen LogP contribution < -0.4 is 10.6 Å². The van der Waals surface area contributed by atoms with E-state index in [9.17, 15) is 29.1 Å². The Kier molecular flexibility index (Phi) is 9.58. The van der Waals surface area contributed by atoms with Crippen molar-refractivity contribution in [3.8, 4) is 0 Å². The zero-order chi connectivity index (χ0) is 36.5. The topological polar surface area (TPSA) is 139 Å². The van der Waals surface area contributed by atoms with E-state index in [2.05, 4.69) is 59.1 Å². The van der Waals surface area contributed by atoms with E-state index in [1.165, 1.54) is 6.92 Å². The second kappa shape index (κ2) is 12.5. The SMILES string of the molecule is CC(=O)NCCNC(=O)[C@@]12CC[C@]3(C)[C@H](CC[C@@H]4[C@@]5(C)CC[C@H](OC(=O)CC(C)(C)C(=O)O)C(C)(C)[C@@H]5CC[C@]43C)C1=C(C(C)C)C(=O)C2. The molecule has 3 N–H and O–H groups in total. The van der Waals surface area contributed by atoms with Crippen molar-refractivity contribution >= 4 is 29.5 Å². The number of esters is 1. The molecule has 49 heavy (non-hydrogen) atoms. The summed E-state index contributed by atoms with van der Waals surface area (Å²) in [5.41, 5.74) is -0.316. The number of fused-ring (bicyclic) bond motifs is 7. The zero-order valence-electron chi connectivity index (χ0n) is 31.8. The largest absolute Gasteiger partial charge is 0.481 e. The van der Waals surface area contributed by atoms with Crippen LogP contribution in [0.4, 0.5) is 0 Å². The second-order valence-electron chi connectivity index (χ2n) is 18.7. The Morgan fingerprint density at radius 2 is 1.53 bits per heavy atom. The van der Waals surface area contributed by atoms with Gasteiger partial charge in [0, 0.05) is 31.8 Å². The molecule has 0 unspecified atom stereocenters. The molecule has 5 aliphatic rings. The number of rotatable bonds is 9. The summed E-state index contributed by atoms with van der Waals surface area (Å²) in [6.07, 6.45) is 7.09. The van der Waals surface area contributed by atoms with E-state index in [1.54, 1.807) is 13.8 Å². The lowest BCUT2D eigenvalue weighted by molar-refractivity contribution is -0.233. The van der Waals surface area contributed by atoms with Gasteiger partial charge < -0.3 is 20.5 Å². The van der Waals surface area contributed by atoms with E-state index in [4.69, 9.17) is 4.74 Å². The minimum Gasteiger partial charge on any atom is -0.481 e. The third kappa shape index (κ3) is 5.77. The molecule has 0 spiro atoms. The van der Waals surface area contributed by atoms with Gasteiger partial charge in [-0.25, -0.2) is 0 Å². The number of aliphatic carboxylic acids is 1. The number of hydrogen-bond donors (Lipinski definition) is 3. The molecule has 5 rings (SSSR count). The summed E-state index contributed by atoms with van der Waals surface area (Å²) in [6.45, 7) is 21.4. The summed E-state index contributed by atoms with van der Waals surface area (Å²) < 4.78 is 6.13. The Hall–Kier alpha value is -2.71. The van der Waals surface area contributed by atoms with Crippen LogP contribution in [0.3, 0.4) is 0 Å². The number of carboxylic acids is 1. The molecule has 9 nitrogen and oxygen atoms in total. The molecule has 9 heteroatoms. The van der Waals surface area contributed by atoms with E-state index in [1.807, 2.05) is 0 Å². The number of carboxylic acid groups (broad SMARTS) is 1. The van der Waals surface area contributed by atoms with Gasteiger partial charge in [0.2, 0.25) is 11.8 Å². The highest BCUT2D eigenvalue weighted by Crippen LogP contribution is 2.76. The third-order valence-corrected chi connectivity index (χ3v) is 15.0. The number of hydrogen-bond acceptors (Lipinski definition) is 6. The Morgan fingerprint density at radius 3 is 2.14 bits per heavy atom. The molecule has 0 aromatic rings. The van der Waals surface area contributed by atoms with Gasteiger partial charge in [0.1, 0.15) is 6.10 Å². The number of ether oxygens (including phenoxy) is 1. The molecule has 0 aromatic carbocycles. The highest BCUT2D eigenvalue weighted by molar-refractivity contribution is 6.07. The van der Waals surface area contributed by atoms with Crippen molar-refractivity contribution in [1.29, 1.82) is 0 Å². The molecule has 0 aromatic heterocycles. The van der Waals surface area contributed by atoms with Gasteiger partial charge in [0.05, 0.1) is 17.3 Å². The maximum Gasteiger partial charge on any atom is 0.309 e. The molecule has 0 radical (unpaired) electrons. The average Bonchev–Trinajstić information content (AvgIpc) is 3.30. The fourth-order valence-electron chi connectivity index (χ4n) is 12.3. The Bertz CT molecular complexity index is 1450. The van der Waals surface area contributed by atoms with E-state index >= 15 is 0 Å². The normalized spacial score (nSPS) is 38.1. The summed E-state index contributed by atoms with van der Waals surface area (Å²) in [5.74, 6) is -0.546. The molecular formula is C40H62N2O7. The first-order chi connectivity index (χ1) is 22.6. The molecule has 0 bridgehead atoms. The fourth-order valence-corrected chi connectivity index (χ4v) is 12.3. The predicted octanol–water partition coefficient (Wildman–Crippen LogP) is 6.63. The van der Waals surface area contributed by atoms with Crippen LogP contribution in [-0.4, -0.2) is 53.8 Å². The van der Waals surface area contributed by atoms with Crippen LogP contribution >= 0.6 is 0 Å². The molecule has 274 valence electrons. The quantitative estimate of drug-likeness (QED) is 0.183. The first-order valence-corrected chi connectivity index (χ1v) is 18.8. The van der Waals surface area contributed by atoms with Crippen LogP contribution in [0.25, 0.3) is 0 Å². The summed E-state index contributed by atoms with van der Waals surface area (Å²) in [7, 11) is 0. The number of carbonyl (C=O) groups excluding carboxylic acids is 4. The summed E-state index contributed by atoms with van der Waals surface area (Å²) in [4.78, 5) is 64.1. The van der Waals surface area contributed by atoms with Crippen molar-refractivity contribution in [2.75, 3.05) is 13.1 Å². The van der Waals surface area contributed by atoms with Gasteiger partial charge in [-0.15, -0.1) is 0 Å². The van der Waals surface area contributed by atoms with E-state index in [-0.39, 0.29) is 70.0 Å². The summed E-state index contributed by atoms with van der Waals surface area (Å²) >= 11 is 0. The van der Waals surface area contributed by atoms with Crippen LogP contribution in [0.5, 0.6) is 0 Å². The van der Waals surface area contributed by atoms with Crippen LogP contribution in [0.1, 0.15) is 133 Å². The van der Waals surface area contributed by atoms with Crippen molar-refractivity contribution in [2.24, 2.45) is 56.2 Å². The Morgan fingerprint density at radius 1 is 0.878 bits per heavy atom. The van der Waals surface area contributed by atoms with Crippen molar-refractivity contribution in [3.63, 3.8) is 0 Å². The number of carbonyl (C=O) groups is 5. The van der Waals surface area contributed by atoms with Crippen LogP contribution in [-0.2, 0) is 28.7 Å². The molecule has 2 amide bonds. The number of Topliss-reactive ketones (excluding diaryl/α,β-unsaturated/α-hetero) is 1. The van der Waals surface area contributed by atoms with Crippen LogP contribution in [0.15, 0.2) is 11.1 Å². The van der Waals surface area contributed by atoms with Crippen molar-refractivity contribution in [2.45, 2.75) is 140 Å². The Balaban J connectivity index is 1.43. The minimum atomic E-state index is -1.18. The molecule has 0 saturated heterocycles. The number of ketones is 1. The first kappa shape index (κ1) is 37.5. The number of allylic oxidation sites excluding steroid dienone is 1. The lowest BCUT2D eigenvalue weighted by Gasteiger charge is -2.72. The van der Waals surface area contributed by atoms with Crippen molar-refractivity contribution in [1.82, 2.24) is 10.6 Å². The van der Waals surface area contributed by atoms with Gasteiger partial charge in [-0.3, -0.25) is 24.0 Å². The van der Waals surface area contributed by atoms with Gasteiger partial charge >= 0.3 is 11.9 Å². The number of nitrogens with one attached hydrogen (secondary N) is 2. The van der Waals surface area contributed by atoms with Crippen molar-refractivity contribution in [3.05, 3.63) is 11.1 Å². The zero-order valence-corrected chi connectivity index (χ0v) is 31.8. The second-order valence-corrected chi connectivity index (χ2v) is 18.7. The summed E-state index contributed by atoms with van der Waals surface area (Å²) in [5, 5.41) is 15.4. The van der Waals surface area contributed by atoms with E-state index < -0.39 is 22.8 Å². The average molecular weight is 683 g/mol. The van der Waals surface area contributed by atoms with Crippen molar-refractivity contribution < 1.29 is 33.8 Å². The van der Waals surface area contributed by atoms with Gasteiger partial charge in [-0.1, -0.05) is 48.5 Å². The van der Waals surface area contributed by atoms with Gasteiger partial charge in [-0.05, 0) is 116 Å². The fraction of sp³-hybridized carbons (Fsp3) is 0.825. The predicted molar refractivity (Wildman–Crippen MR) is 187 cm³/mol. The molecule has 8 atom stereocenters. The van der Waals surface area contributed by atoms with E-state index in [0.29, 0.717) is 31.3 Å². The molecule has 5 aliphatic carbocycles. The molecule has 4 fully saturated rings. The lowest BCUT2D eigenvalue weighted by atomic mass is 9.33. The Labute approximate surface area is 293 Å². The maximum absolute atomic E-state index is 14.2. The maximum atomic E-state index is 14.2. The lowest BCUT2D eigenvalue weighted by Crippen LogP contribution is -2.66. The highest BCUT2D eigenvalue weighted by atomic mass is 16.5. The monoisotopic (exact) mass is 682 g/mol. The van der Waals surface area contributed by atoms with Crippen LogP contribution in [0.2, 0.25) is 0 Å². The van der Waals surface area contributed by atoms with Gasteiger partial charge in [0.25, 0.3) is 0 Å². The van der Waals surface area contributed by atoms with E-state index in [0.717, 1.165) is 56.1 Å². The first-order valence-electron chi connectivity index (χ1n) is 18.8. The van der Waals surface area contributed by atoms with Crippen LogP contribution in [0, 0.1) is 56.2 Å². The molecule has 0 heterocycles. The van der Waals surface area contributed by atoms with Gasteiger partial charge in [0.15, 0.2) is 5.78 Å². The number of amides is 2. The standard InChI is InChI=1S/C40H62N2O7/c1-23(2)31-26(44)21-40(33(46)42-20-19-41-24(3)43)18-17-38(9)25(32(31)40)11-12-28-37(8)15-14-29(49-30(45)22-35(4,5)34(47)48)36(6,7)27(37)13-16-39(28,38)10/h23,25,27-29H,11-22H2,1-10H3,(H,41,43)(H,42,46)(H,47,48)/t25-,27+,28-,29+,37+,38-,39-,40-/m1/s1.